The summed E-state index contributed by atoms with van der Waals surface area (Å²) < 4.78 is 0. The highest BCUT2D eigenvalue weighted by molar-refractivity contribution is 5.98. The number of amides is 2. The van der Waals surface area contributed by atoms with Crippen molar-refractivity contribution in [3.8, 4) is 11.1 Å². The maximum Gasteiger partial charge on any atom is 0.248 e. The summed E-state index contributed by atoms with van der Waals surface area (Å²) in [6.07, 6.45) is 0.498. The molecule has 4 rings (SSSR count). The number of benzene rings is 2. The number of H-pyrrole nitrogens is 1. The Kier molecular flexibility index (Phi) is 3.97. The summed E-state index contributed by atoms with van der Waals surface area (Å²) in [6.45, 7) is 1.90. The highest BCUT2D eigenvalue weighted by Crippen LogP contribution is 2.54. The van der Waals surface area contributed by atoms with E-state index in [-0.39, 0.29) is 6.04 Å². The van der Waals surface area contributed by atoms with E-state index in [0.717, 1.165) is 22.3 Å². The first-order chi connectivity index (χ1) is 13.3. The third-order valence-corrected chi connectivity index (χ3v) is 5.17. The molecular weight excluding hydrogens is 358 g/mol. The molecule has 9 nitrogen and oxygen atoms in total. The predicted octanol–water partition coefficient (Wildman–Crippen LogP) is 0.450. The monoisotopic (exact) mass is 377 g/mol. The third kappa shape index (κ3) is 2.48. The van der Waals surface area contributed by atoms with Gasteiger partial charge in [0.2, 0.25) is 11.8 Å². The van der Waals surface area contributed by atoms with Gasteiger partial charge in [-0.05, 0) is 59.9 Å². The van der Waals surface area contributed by atoms with Crippen molar-refractivity contribution in [3.05, 3.63) is 64.5 Å². The zero-order valence-corrected chi connectivity index (χ0v) is 15.1. The van der Waals surface area contributed by atoms with Crippen LogP contribution in [0.5, 0.6) is 0 Å². The number of rotatable bonds is 5. The topological polar surface area (TPSA) is 167 Å². The number of nitrogens with zero attached hydrogens (tertiary/aromatic N) is 3. The Morgan fingerprint density at radius 2 is 1.57 bits per heavy atom. The molecule has 2 aromatic carbocycles. The molecule has 1 aliphatic carbocycles. The zero-order valence-electron chi connectivity index (χ0n) is 15.1. The summed E-state index contributed by atoms with van der Waals surface area (Å²) in [4.78, 5) is 23.5. The van der Waals surface area contributed by atoms with Gasteiger partial charge in [-0.25, -0.2) is 0 Å². The first-order valence-electron chi connectivity index (χ1n) is 8.73. The Balaban J connectivity index is 2.10. The second kappa shape index (κ2) is 6.24. The Morgan fingerprint density at radius 1 is 1.04 bits per heavy atom. The van der Waals surface area contributed by atoms with E-state index >= 15 is 0 Å². The lowest BCUT2D eigenvalue weighted by Gasteiger charge is -2.30. The van der Waals surface area contributed by atoms with Crippen LogP contribution in [0, 0.1) is 0 Å². The summed E-state index contributed by atoms with van der Waals surface area (Å²) in [5.74, 6) is -0.622. The summed E-state index contributed by atoms with van der Waals surface area (Å²) in [6, 6.07) is 10.2. The number of hydrogen-bond donors (Lipinski definition) is 4. The van der Waals surface area contributed by atoms with Crippen molar-refractivity contribution >= 4 is 11.8 Å². The molecule has 9 heteroatoms. The zero-order chi connectivity index (χ0) is 20.1. The fourth-order valence-corrected chi connectivity index (χ4v) is 4.11. The molecule has 0 fully saturated rings. The summed E-state index contributed by atoms with van der Waals surface area (Å²) >= 11 is 0. The normalized spacial score (nSPS) is 14.9. The Bertz CT molecular complexity index is 1030. The molecule has 0 saturated carbocycles. The number of nitrogens with two attached hydrogens (primary N) is 3. The van der Waals surface area contributed by atoms with Crippen molar-refractivity contribution in [2.45, 2.75) is 24.8 Å². The van der Waals surface area contributed by atoms with E-state index in [2.05, 4.69) is 20.6 Å². The smallest absolute Gasteiger partial charge is 0.248 e. The predicted molar refractivity (Wildman–Crippen MR) is 101 cm³/mol. The lowest BCUT2D eigenvalue weighted by atomic mass is 9.73. The molecule has 0 radical (unpaired) electrons. The van der Waals surface area contributed by atoms with Gasteiger partial charge < -0.3 is 17.2 Å². The first-order valence-corrected chi connectivity index (χ1v) is 8.73. The van der Waals surface area contributed by atoms with Gasteiger partial charge >= 0.3 is 0 Å². The lowest BCUT2D eigenvalue weighted by Crippen LogP contribution is -2.35. The number of carbonyl (C=O) groups is 2. The second-order valence-electron chi connectivity index (χ2n) is 7.07. The summed E-state index contributed by atoms with van der Waals surface area (Å²) in [5, 5.41) is 14.7. The maximum absolute atomic E-state index is 11.7. The molecule has 1 aromatic heterocycles. The molecule has 0 aliphatic heterocycles. The minimum absolute atomic E-state index is 0.191. The average molecular weight is 377 g/mol. The molecule has 2 amide bonds. The molecule has 1 atom stereocenters. The van der Waals surface area contributed by atoms with Crippen molar-refractivity contribution in [2.24, 2.45) is 17.2 Å². The molecule has 0 bridgehead atoms. The van der Waals surface area contributed by atoms with Gasteiger partial charge in [-0.1, -0.05) is 17.3 Å². The van der Waals surface area contributed by atoms with Crippen molar-refractivity contribution in [2.75, 3.05) is 0 Å². The van der Waals surface area contributed by atoms with Crippen molar-refractivity contribution < 1.29 is 9.59 Å². The number of aromatic amines is 1. The van der Waals surface area contributed by atoms with Crippen LogP contribution < -0.4 is 17.2 Å². The minimum atomic E-state index is -0.780. The van der Waals surface area contributed by atoms with Crippen molar-refractivity contribution in [1.82, 2.24) is 20.6 Å². The van der Waals surface area contributed by atoms with Gasteiger partial charge in [0, 0.05) is 17.2 Å². The van der Waals surface area contributed by atoms with Gasteiger partial charge in [0.15, 0.2) is 5.82 Å². The Morgan fingerprint density at radius 3 is 1.96 bits per heavy atom. The Labute approximate surface area is 160 Å². The molecule has 0 unspecified atom stereocenters. The second-order valence-corrected chi connectivity index (χ2v) is 7.07. The van der Waals surface area contributed by atoms with Gasteiger partial charge in [-0.2, -0.15) is 5.21 Å². The van der Waals surface area contributed by atoms with Crippen LogP contribution in [0.15, 0.2) is 36.4 Å². The van der Waals surface area contributed by atoms with Crippen LogP contribution >= 0.6 is 0 Å². The third-order valence-electron chi connectivity index (χ3n) is 5.17. The number of nitrogens with one attached hydrogen (secondary N) is 1. The number of carbonyl (C=O) groups excluding carboxylic acids is 2. The highest BCUT2D eigenvalue weighted by atomic mass is 16.1. The molecule has 1 heterocycles. The quantitative estimate of drug-likeness (QED) is 0.503. The molecule has 3 aromatic rings. The van der Waals surface area contributed by atoms with Crippen LogP contribution in [-0.4, -0.2) is 38.5 Å². The largest absolute Gasteiger partial charge is 0.366 e. The SMILES string of the molecule is C[C@@H](N)CC1(c2nn[nH]n2)c2ccc(C(N)=O)cc2-c2cc(C(N)=O)ccc21. The average Bonchev–Trinajstić information content (AvgIpc) is 3.27. The van der Waals surface area contributed by atoms with E-state index in [1.807, 2.05) is 19.1 Å². The van der Waals surface area contributed by atoms with Crippen LogP contribution in [0.2, 0.25) is 0 Å². The molecular formula is C19H19N7O2. The Hall–Kier alpha value is -3.59. The molecule has 142 valence electrons. The molecule has 28 heavy (non-hydrogen) atoms. The van der Waals surface area contributed by atoms with Gasteiger partial charge in [0.1, 0.15) is 0 Å². The molecule has 1 aliphatic rings. The van der Waals surface area contributed by atoms with E-state index in [9.17, 15) is 9.59 Å². The number of fused-ring (bicyclic) bond motifs is 3. The van der Waals surface area contributed by atoms with Crippen molar-refractivity contribution in [3.63, 3.8) is 0 Å². The van der Waals surface area contributed by atoms with Crippen LogP contribution in [-0.2, 0) is 5.41 Å². The number of aromatic nitrogens is 4. The number of tetrazole rings is 1. The van der Waals surface area contributed by atoms with Gasteiger partial charge in [-0.15, -0.1) is 10.2 Å². The minimum Gasteiger partial charge on any atom is -0.366 e. The van der Waals surface area contributed by atoms with Crippen molar-refractivity contribution in [1.29, 1.82) is 0 Å². The first kappa shape index (κ1) is 17.8. The van der Waals surface area contributed by atoms with Gasteiger partial charge in [0.05, 0.1) is 5.41 Å². The number of hydrogen-bond acceptors (Lipinski definition) is 6. The summed E-state index contributed by atoms with van der Waals surface area (Å²) in [5.41, 5.74) is 20.4. The van der Waals surface area contributed by atoms with Crippen LogP contribution in [0.1, 0.15) is 51.0 Å². The maximum atomic E-state index is 11.7. The van der Waals surface area contributed by atoms with E-state index in [0.29, 0.717) is 23.4 Å². The van der Waals surface area contributed by atoms with Gasteiger partial charge in [-0.3, -0.25) is 9.59 Å². The van der Waals surface area contributed by atoms with E-state index in [4.69, 9.17) is 17.2 Å². The van der Waals surface area contributed by atoms with E-state index in [1.54, 1.807) is 24.3 Å². The van der Waals surface area contributed by atoms with Crippen LogP contribution in [0.3, 0.4) is 0 Å². The fraction of sp³-hybridized carbons (Fsp3) is 0.211. The molecule has 0 spiro atoms. The molecule has 0 saturated heterocycles. The number of primary amides is 2. The molecule has 7 N–H and O–H groups in total. The van der Waals surface area contributed by atoms with E-state index < -0.39 is 17.2 Å². The standard InChI is InChI=1S/C19H19N7O2/c1-9(20)8-19(18-23-25-26-24-18)14-4-2-10(16(21)27)6-12(14)13-7-11(17(22)28)3-5-15(13)19/h2-7,9H,8,20H2,1H3,(H2,21,27)(H2,22,28)(H,23,24,25,26)/t9-/m1/s1. The fourth-order valence-electron chi connectivity index (χ4n) is 4.11. The van der Waals surface area contributed by atoms with E-state index in [1.165, 1.54) is 0 Å². The summed E-state index contributed by atoms with van der Waals surface area (Å²) in [7, 11) is 0. The van der Waals surface area contributed by atoms with Crippen LogP contribution in [0.4, 0.5) is 0 Å². The highest BCUT2D eigenvalue weighted by Gasteiger charge is 2.48. The van der Waals surface area contributed by atoms with Gasteiger partial charge in [0.25, 0.3) is 0 Å². The lowest BCUT2D eigenvalue weighted by molar-refractivity contribution is 0.0991. The van der Waals surface area contributed by atoms with Crippen LogP contribution in [0.25, 0.3) is 11.1 Å².